The molecule has 1 atom stereocenters. The summed E-state index contributed by atoms with van der Waals surface area (Å²) >= 11 is 0. The summed E-state index contributed by atoms with van der Waals surface area (Å²) in [5, 5.41) is 2.57. The molecule has 2 heterocycles. The number of amides is 1. The zero-order chi connectivity index (χ0) is 15.2. The number of aromatic nitrogens is 2. The predicted octanol–water partition coefficient (Wildman–Crippen LogP) is 1.19. The van der Waals surface area contributed by atoms with E-state index in [0.717, 1.165) is 0 Å². The van der Waals surface area contributed by atoms with Crippen LogP contribution in [0.4, 0.5) is 0 Å². The highest BCUT2D eigenvalue weighted by atomic mass is 16.5. The molecule has 0 radical (unpaired) electrons. The lowest BCUT2D eigenvalue weighted by atomic mass is 10.2. The first-order valence-electron chi connectivity index (χ1n) is 6.58. The van der Waals surface area contributed by atoms with Crippen molar-refractivity contribution in [2.24, 2.45) is 7.05 Å². The summed E-state index contributed by atoms with van der Waals surface area (Å²) in [6.07, 6.45) is 4.69. The Labute approximate surface area is 122 Å². The van der Waals surface area contributed by atoms with Crippen LogP contribution in [0.5, 0.6) is 5.75 Å². The first-order valence-corrected chi connectivity index (χ1v) is 6.58. The second kappa shape index (κ2) is 6.69. The molecule has 6 nitrogen and oxygen atoms in total. The highest BCUT2D eigenvalue weighted by molar-refractivity contribution is 6.42. The number of nitrogens with zero attached hydrogens (tertiary/aromatic N) is 2. The zero-order valence-corrected chi connectivity index (χ0v) is 11.9. The molecule has 0 aliphatic heterocycles. The van der Waals surface area contributed by atoms with Gasteiger partial charge in [-0.05, 0) is 31.2 Å². The number of aryl methyl sites for hydroxylation is 1. The van der Waals surface area contributed by atoms with E-state index in [4.69, 9.17) is 4.74 Å². The second-order valence-electron chi connectivity index (χ2n) is 4.66. The molecule has 2 aromatic rings. The van der Waals surface area contributed by atoms with E-state index in [9.17, 15) is 9.59 Å². The Morgan fingerprint density at radius 1 is 1.38 bits per heavy atom. The Kier molecular flexibility index (Phi) is 4.71. The average molecular weight is 287 g/mol. The van der Waals surface area contributed by atoms with Crippen LogP contribution in [0.15, 0.2) is 42.9 Å². The van der Waals surface area contributed by atoms with Crippen molar-refractivity contribution in [3.05, 3.63) is 48.5 Å². The molecule has 1 N–H and O–H groups in total. The van der Waals surface area contributed by atoms with Crippen molar-refractivity contribution in [1.82, 2.24) is 14.9 Å². The van der Waals surface area contributed by atoms with Crippen LogP contribution in [0, 0.1) is 0 Å². The second-order valence-corrected chi connectivity index (χ2v) is 4.66. The number of rotatable bonds is 6. The first-order chi connectivity index (χ1) is 10.1. The lowest BCUT2D eigenvalue weighted by Crippen LogP contribution is -2.38. The van der Waals surface area contributed by atoms with E-state index in [1.807, 2.05) is 0 Å². The van der Waals surface area contributed by atoms with Gasteiger partial charge in [-0.15, -0.1) is 0 Å². The van der Waals surface area contributed by atoms with Gasteiger partial charge in [0.05, 0.1) is 18.4 Å². The van der Waals surface area contributed by atoms with Crippen molar-refractivity contribution in [1.29, 1.82) is 0 Å². The van der Waals surface area contributed by atoms with Gasteiger partial charge in [-0.25, -0.2) is 0 Å². The number of ether oxygens (including phenoxy) is 1. The van der Waals surface area contributed by atoms with Crippen molar-refractivity contribution >= 4 is 11.7 Å². The van der Waals surface area contributed by atoms with Crippen molar-refractivity contribution < 1.29 is 14.3 Å². The van der Waals surface area contributed by atoms with E-state index in [2.05, 4.69) is 10.3 Å². The Bertz CT molecular complexity index is 622. The van der Waals surface area contributed by atoms with Gasteiger partial charge in [-0.2, -0.15) is 0 Å². The zero-order valence-electron chi connectivity index (χ0n) is 11.9. The molecular formula is C15H17N3O3. The summed E-state index contributed by atoms with van der Waals surface area (Å²) in [7, 11) is 1.72. The van der Waals surface area contributed by atoms with Gasteiger partial charge in [0.25, 0.3) is 11.7 Å². The highest BCUT2D eigenvalue weighted by Gasteiger charge is 2.19. The summed E-state index contributed by atoms with van der Waals surface area (Å²) in [5.41, 5.74) is 0.355. The van der Waals surface area contributed by atoms with Crippen molar-refractivity contribution in [3.8, 4) is 5.75 Å². The largest absolute Gasteiger partial charge is 0.487 e. The van der Waals surface area contributed by atoms with Crippen LogP contribution in [0.3, 0.4) is 0 Å². The molecule has 0 bridgehead atoms. The molecule has 0 aromatic carbocycles. The van der Waals surface area contributed by atoms with E-state index in [0.29, 0.717) is 11.4 Å². The van der Waals surface area contributed by atoms with E-state index < -0.39 is 11.7 Å². The van der Waals surface area contributed by atoms with E-state index in [1.54, 1.807) is 61.4 Å². The average Bonchev–Trinajstić information content (AvgIpc) is 2.91. The van der Waals surface area contributed by atoms with Gasteiger partial charge in [0.2, 0.25) is 0 Å². The Morgan fingerprint density at radius 3 is 2.81 bits per heavy atom. The summed E-state index contributed by atoms with van der Waals surface area (Å²) in [5.74, 6) is -0.581. The number of Topliss-reactive ketones (excluding diaryl/α,β-unsaturated/α-hetero) is 1. The lowest BCUT2D eigenvalue weighted by Gasteiger charge is -2.14. The summed E-state index contributed by atoms with van der Waals surface area (Å²) < 4.78 is 7.17. The van der Waals surface area contributed by atoms with Crippen LogP contribution in [-0.2, 0) is 11.8 Å². The van der Waals surface area contributed by atoms with Gasteiger partial charge in [0, 0.05) is 19.4 Å². The van der Waals surface area contributed by atoms with Gasteiger partial charge in [-0.3, -0.25) is 14.6 Å². The molecule has 0 fully saturated rings. The molecule has 21 heavy (non-hydrogen) atoms. The van der Waals surface area contributed by atoms with Crippen LogP contribution in [0.25, 0.3) is 0 Å². The SMILES string of the molecule is C[C@H](CNC(=O)C(=O)c1cccn1C)Oc1cccnc1. The van der Waals surface area contributed by atoms with Crippen molar-refractivity contribution in [2.75, 3.05) is 6.54 Å². The molecule has 2 aromatic heterocycles. The van der Waals surface area contributed by atoms with Crippen molar-refractivity contribution in [2.45, 2.75) is 13.0 Å². The number of hydrogen-bond acceptors (Lipinski definition) is 4. The number of hydrogen-bond donors (Lipinski definition) is 1. The molecule has 0 spiro atoms. The van der Waals surface area contributed by atoms with Crippen LogP contribution in [0.1, 0.15) is 17.4 Å². The molecular weight excluding hydrogens is 270 g/mol. The van der Waals surface area contributed by atoms with E-state index in [1.165, 1.54) is 0 Å². The molecule has 0 aliphatic rings. The van der Waals surface area contributed by atoms with Gasteiger partial charge >= 0.3 is 0 Å². The van der Waals surface area contributed by atoms with Crippen LogP contribution >= 0.6 is 0 Å². The fourth-order valence-corrected chi connectivity index (χ4v) is 1.82. The topological polar surface area (TPSA) is 73.2 Å². The summed E-state index contributed by atoms with van der Waals surface area (Å²) in [6, 6.07) is 6.87. The maximum Gasteiger partial charge on any atom is 0.294 e. The smallest absolute Gasteiger partial charge is 0.294 e. The van der Waals surface area contributed by atoms with Crippen LogP contribution in [0.2, 0.25) is 0 Å². The molecule has 0 unspecified atom stereocenters. The van der Waals surface area contributed by atoms with Gasteiger partial charge in [-0.1, -0.05) is 0 Å². The fraction of sp³-hybridized carbons (Fsp3) is 0.267. The maximum absolute atomic E-state index is 11.9. The Balaban J connectivity index is 1.84. The third-order valence-electron chi connectivity index (χ3n) is 2.90. The number of pyridine rings is 1. The monoisotopic (exact) mass is 287 g/mol. The van der Waals surface area contributed by atoms with E-state index >= 15 is 0 Å². The standard InChI is InChI=1S/C15H17N3O3/c1-11(21-12-5-3-7-16-10-12)9-17-15(20)14(19)13-6-4-8-18(13)2/h3-8,10-11H,9H2,1-2H3,(H,17,20)/t11-/m1/s1. The quantitative estimate of drug-likeness (QED) is 0.639. The van der Waals surface area contributed by atoms with Gasteiger partial charge in [0.15, 0.2) is 0 Å². The third kappa shape index (κ3) is 3.92. The van der Waals surface area contributed by atoms with E-state index in [-0.39, 0.29) is 12.6 Å². The van der Waals surface area contributed by atoms with Crippen LogP contribution < -0.4 is 10.1 Å². The summed E-state index contributed by atoms with van der Waals surface area (Å²) in [4.78, 5) is 27.7. The number of carbonyl (C=O) groups is 2. The molecule has 0 aliphatic carbocycles. The minimum absolute atomic E-state index is 0.240. The molecule has 6 heteroatoms. The minimum atomic E-state index is -0.640. The molecule has 0 saturated carbocycles. The lowest BCUT2D eigenvalue weighted by molar-refractivity contribution is -0.117. The number of carbonyl (C=O) groups excluding carboxylic acids is 2. The Hall–Kier alpha value is -2.63. The molecule has 110 valence electrons. The minimum Gasteiger partial charge on any atom is -0.487 e. The third-order valence-corrected chi connectivity index (χ3v) is 2.90. The highest BCUT2D eigenvalue weighted by Crippen LogP contribution is 2.08. The predicted molar refractivity (Wildman–Crippen MR) is 77.1 cm³/mol. The maximum atomic E-state index is 11.9. The fourth-order valence-electron chi connectivity index (χ4n) is 1.82. The first kappa shape index (κ1) is 14.8. The van der Waals surface area contributed by atoms with Crippen LogP contribution in [-0.4, -0.2) is 33.9 Å². The molecule has 0 saturated heterocycles. The summed E-state index contributed by atoms with van der Waals surface area (Å²) in [6.45, 7) is 2.05. The molecule has 1 amide bonds. The number of nitrogens with one attached hydrogen (secondary N) is 1. The van der Waals surface area contributed by atoms with Crippen molar-refractivity contribution in [3.63, 3.8) is 0 Å². The van der Waals surface area contributed by atoms with Gasteiger partial charge < -0.3 is 14.6 Å². The molecule has 2 rings (SSSR count). The van der Waals surface area contributed by atoms with Gasteiger partial charge in [0.1, 0.15) is 11.9 Å². The number of ketones is 1. The Morgan fingerprint density at radius 2 is 2.19 bits per heavy atom. The normalized spacial score (nSPS) is 11.7.